The van der Waals surface area contributed by atoms with Crippen LogP contribution in [0.1, 0.15) is 37.9 Å². The lowest BCUT2D eigenvalue weighted by atomic mass is 9.97. The highest BCUT2D eigenvalue weighted by Crippen LogP contribution is 2.33. The van der Waals surface area contributed by atoms with Crippen LogP contribution in [0.5, 0.6) is 5.75 Å². The van der Waals surface area contributed by atoms with Crippen molar-refractivity contribution in [3.8, 4) is 29.0 Å². The predicted octanol–water partition coefficient (Wildman–Crippen LogP) is 5.86. The van der Waals surface area contributed by atoms with Crippen LogP contribution in [-0.2, 0) is 11.0 Å². The lowest BCUT2D eigenvalue weighted by molar-refractivity contribution is -0.140. The molecule has 1 aromatic heterocycles. The molecule has 0 unspecified atom stereocenters. The maximum atomic E-state index is 13.4. The number of halogens is 5. The molecule has 0 atom stereocenters. The van der Waals surface area contributed by atoms with E-state index >= 15 is 0 Å². The van der Waals surface area contributed by atoms with Gasteiger partial charge in [0, 0.05) is 29.2 Å². The smallest absolute Gasteiger partial charge is 0.432 e. The van der Waals surface area contributed by atoms with Crippen molar-refractivity contribution in [2.24, 2.45) is 5.92 Å². The SMILES string of the molecule is CC(C)N1CCC(COc2ccc(-c3ncc(C(F)(F)F)[nH]3)cc2NC(=O)C#Cc2cc(F)cc(F)c2)CC1. The number of carbonyl (C=O) groups is 1. The number of piperidine rings is 1. The van der Waals surface area contributed by atoms with Crippen molar-refractivity contribution in [2.45, 2.75) is 38.9 Å². The standard InChI is InChI=1S/C28H27F5N4O2/c1-17(2)37-9-7-18(8-10-37)16-39-24-5-4-20(27-34-15-25(36-27)28(31,32)33)13-23(24)35-26(38)6-3-19-11-21(29)14-22(30)12-19/h4-5,11-15,17-18H,7-10,16H2,1-2H3,(H,34,36)(H,35,38). The van der Waals surface area contributed by atoms with E-state index in [1.54, 1.807) is 6.07 Å². The molecule has 1 amide bonds. The van der Waals surface area contributed by atoms with Crippen molar-refractivity contribution in [1.82, 2.24) is 14.9 Å². The van der Waals surface area contributed by atoms with Gasteiger partial charge in [0.25, 0.3) is 0 Å². The Hall–Kier alpha value is -3.91. The van der Waals surface area contributed by atoms with Gasteiger partial charge >= 0.3 is 12.1 Å². The van der Waals surface area contributed by atoms with Crippen LogP contribution in [0.4, 0.5) is 27.6 Å². The Bertz CT molecular complexity index is 1360. The highest BCUT2D eigenvalue weighted by atomic mass is 19.4. The number of ether oxygens (including phenoxy) is 1. The van der Waals surface area contributed by atoms with Gasteiger partial charge in [0.2, 0.25) is 0 Å². The summed E-state index contributed by atoms with van der Waals surface area (Å²) in [5.41, 5.74) is -0.597. The Morgan fingerprint density at radius 2 is 1.85 bits per heavy atom. The third-order valence-electron chi connectivity index (χ3n) is 6.42. The summed E-state index contributed by atoms with van der Waals surface area (Å²) >= 11 is 0. The predicted molar refractivity (Wildman–Crippen MR) is 136 cm³/mol. The fourth-order valence-corrected chi connectivity index (χ4v) is 4.26. The maximum absolute atomic E-state index is 13.4. The number of aromatic nitrogens is 2. The van der Waals surface area contributed by atoms with Gasteiger partial charge in [-0.1, -0.05) is 5.92 Å². The third kappa shape index (κ3) is 7.57. The molecule has 0 saturated carbocycles. The summed E-state index contributed by atoms with van der Waals surface area (Å²) in [5, 5.41) is 2.57. The number of likely N-dealkylation sites (tertiary alicyclic amines) is 1. The summed E-state index contributed by atoms with van der Waals surface area (Å²) in [6.45, 7) is 6.59. The Morgan fingerprint density at radius 1 is 1.15 bits per heavy atom. The molecule has 1 saturated heterocycles. The van der Waals surface area contributed by atoms with Gasteiger partial charge in [-0.15, -0.1) is 0 Å². The molecular formula is C28H27F5N4O2. The quantitative estimate of drug-likeness (QED) is 0.300. The third-order valence-corrected chi connectivity index (χ3v) is 6.42. The molecule has 0 bridgehead atoms. The van der Waals surface area contributed by atoms with Crippen LogP contribution in [0, 0.1) is 29.4 Å². The first-order valence-electron chi connectivity index (χ1n) is 12.4. The van der Waals surface area contributed by atoms with Crippen molar-refractivity contribution in [3.63, 3.8) is 0 Å². The number of imidazole rings is 1. The number of hydrogen-bond donors (Lipinski definition) is 2. The maximum Gasteiger partial charge on any atom is 0.432 e. The molecular weight excluding hydrogens is 519 g/mol. The molecule has 39 heavy (non-hydrogen) atoms. The first-order chi connectivity index (χ1) is 18.5. The molecule has 2 heterocycles. The lowest BCUT2D eigenvalue weighted by Gasteiger charge is -2.34. The van der Waals surface area contributed by atoms with Crippen molar-refractivity contribution in [2.75, 3.05) is 25.0 Å². The van der Waals surface area contributed by atoms with Crippen molar-refractivity contribution < 1.29 is 31.5 Å². The largest absolute Gasteiger partial charge is 0.491 e. The topological polar surface area (TPSA) is 70.2 Å². The Balaban J connectivity index is 1.54. The minimum Gasteiger partial charge on any atom is -0.491 e. The van der Waals surface area contributed by atoms with Gasteiger partial charge in [-0.2, -0.15) is 13.2 Å². The summed E-state index contributed by atoms with van der Waals surface area (Å²) < 4.78 is 72.0. The van der Waals surface area contributed by atoms with Gasteiger partial charge in [-0.25, -0.2) is 13.8 Å². The van der Waals surface area contributed by atoms with Gasteiger partial charge in [-0.3, -0.25) is 4.79 Å². The number of carbonyl (C=O) groups excluding carboxylic acids is 1. The Kier molecular flexibility index (Phi) is 8.55. The first kappa shape index (κ1) is 28.1. The van der Waals surface area contributed by atoms with Crippen LogP contribution < -0.4 is 10.1 Å². The number of nitrogens with zero attached hydrogens (tertiary/aromatic N) is 2. The van der Waals surface area contributed by atoms with Crippen molar-refractivity contribution in [1.29, 1.82) is 0 Å². The van der Waals surface area contributed by atoms with E-state index in [2.05, 4.69) is 45.9 Å². The second-order valence-corrected chi connectivity index (χ2v) is 9.60. The number of hydrogen-bond acceptors (Lipinski definition) is 4. The number of amides is 1. The molecule has 4 rings (SSSR count). The second-order valence-electron chi connectivity index (χ2n) is 9.60. The van der Waals surface area contributed by atoms with Crippen LogP contribution in [0.2, 0.25) is 0 Å². The average Bonchev–Trinajstić information content (AvgIpc) is 3.38. The summed E-state index contributed by atoms with van der Waals surface area (Å²) in [6.07, 6.45) is -2.02. The number of benzene rings is 2. The van der Waals surface area contributed by atoms with E-state index in [0.717, 1.165) is 38.1 Å². The molecule has 0 radical (unpaired) electrons. The molecule has 3 aromatic rings. The van der Waals surface area contributed by atoms with E-state index in [1.165, 1.54) is 12.1 Å². The molecule has 11 heteroatoms. The van der Waals surface area contributed by atoms with Crippen LogP contribution in [0.3, 0.4) is 0 Å². The molecule has 206 valence electrons. The molecule has 1 aliphatic heterocycles. The number of aromatic amines is 1. The molecule has 0 spiro atoms. The fourth-order valence-electron chi connectivity index (χ4n) is 4.26. The number of anilines is 1. The number of alkyl halides is 3. The number of rotatable bonds is 6. The van der Waals surface area contributed by atoms with E-state index in [4.69, 9.17) is 4.74 Å². The second kappa shape index (κ2) is 11.9. The van der Waals surface area contributed by atoms with E-state index in [-0.39, 0.29) is 22.6 Å². The van der Waals surface area contributed by atoms with Gasteiger partial charge in [-0.05, 0) is 76.0 Å². The summed E-state index contributed by atoms with van der Waals surface area (Å²) in [5.74, 6) is 2.75. The summed E-state index contributed by atoms with van der Waals surface area (Å²) in [4.78, 5) is 21.0. The Morgan fingerprint density at radius 3 is 2.46 bits per heavy atom. The normalized spacial score (nSPS) is 14.7. The van der Waals surface area contributed by atoms with Crippen LogP contribution in [0.15, 0.2) is 42.6 Å². The van der Waals surface area contributed by atoms with Gasteiger partial charge < -0.3 is 19.9 Å². The Labute approximate surface area is 222 Å². The summed E-state index contributed by atoms with van der Waals surface area (Å²) in [6, 6.07) is 7.62. The molecule has 2 aromatic carbocycles. The number of H-pyrrole nitrogens is 1. The van der Waals surface area contributed by atoms with Gasteiger partial charge in [0.05, 0.1) is 18.5 Å². The van der Waals surface area contributed by atoms with E-state index in [0.29, 0.717) is 36.6 Å². The molecule has 2 N–H and O–H groups in total. The number of nitrogens with one attached hydrogen (secondary N) is 2. The van der Waals surface area contributed by atoms with E-state index in [1.807, 2.05) is 0 Å². The average molecular weight is 547 g/mol. The zero-order valence-electron chi connectivity index (χ0n) is 21.3. The fraction of sp³-hybridized carbons (Fsp3) is 0.357. The molecule has 6 nitrogen and oxygen atoms in total. The zero-order chi connectivity index (χ0) is 28.2. The lowest BCUT2D eigenvalue weighted by Crippen LogP contribution is -2.39. The van der Waals surface area contributed by atoms with E-state index < -0.39 is 29.4 Å². The van der Waals surface area contributed by atoms with E-state index in [9.17, 15) is 26.7 Å². The summed E-state index contributed by atoms with van der Waals surface area (Å²) in [7, 11) is 0. The van der Waals surface area contributed by atoms with Crippen molar-refractivity contribution >= 4 is 11.6 Å². The van der Waals surface area contributed by atoms with Crippen LogP contribution in [0.25, 0.3) is 11.4 Å². The highest BCUT2D eigenvalue weighted by Gasteiger charge is 2.33. The van der Waals surface area contributed by atoms with Crippen molar-refractivity contribution in [3.05, 3.63) is 65.5 Å². The van der Waals surface area contributed by atoms with Crippen LogP contribution in [-0.4, -0.2) is 46.5 Å². The highest BCUT2D eigenvalue weighted by molar-refractivity contribution is 6.05. The van der Waals surface area contributed by atoms with Crippen LogP contribution >= 0.6 is 0 Å². The molecule has 1 aliphatic rings. The van der Waals surface area contributed by atoms with Gasteiger partial charge in [0.15, 0.2) is 0 Å². The van der Waals surface area contributed by atoms with Gasteiger partial charge in [0.1, 0.15) is 28.9 Å². The zero-order valence-corrected chi connectivity index (χ0v) is 21.3. The minimum absolute atomic E-state index is 0.0316. The minimum atomic E-state index is -4.59. The first-order valence-corrected chi connectivity index (χ1v) is 12.4. The molecule has 1 fully saturated rings. The monoisotopic (exact) mass is 546 g/mol. The molecule has 0 aliphatic carbocycles.